The Balaban J connectivity index is 2.09. The van der Waals surface area contributed by atoms with Gasteiger partial charge in [-0.1, -0.05) is 18.6 Å². The van der Waals surface area contributed by atoms with Gasteiger partial charge in [0.05, 0.1) is 21.6 Å². The molecule has 0 fully saturated rings. The molecule has 2 rings (SSSR count). The molecule has 3 N–H and O–H groups in total. The molecule has 162 valence electrons. The maximum Gasteiger partial charge on any atom is 0.416 e. The van der Waals surface area contributed by atoms with E-state index in [2.05, 4.69) is 10.3 Å². The number of halogens is 3. The second kappa shape index (κ2) is 10.9. The first-order chi connectivity index (χ1) is 14.2. The lowest BCUT2D eigenvalue weighted by atomic mass is 10.0. The Labute approximate surface area is 175 Å². The number of alkyl halides is 3. The fraction of sp³-hybridized carbons (Fsp3) is 0.350. The summed E-state index contributed by atoms with van der Waals surface area (Å²) < 4.78 is 38.5. The number of unbranched alkanes of at least 4 members (excludes halogenated alkanes) is 2. The standard InChI is InChI=1S/C20H22F3N3O3S/c1-13-17(30-12-25-13)11-16(14-6-8-15(9-7-14)20(21,22)23)19(28)24-10-4-2-3-5-18(27)26-29/h6-9,11-12,29H,2-5,10H2,1H3,(H,24,28)(H,26,27)/b16-11-. The number of nitrogens with one attached hydrogen (secondary N) is 2. The SMILES string of the molecule is Cc1ncsc1/C=C(\C(=O)NCCCCCC(=O)NO)c1ccc(C(F)(F)F)cc1. The number of benzene rings is 1. The average Bonchev–Trinajstić information content (AvgIpc) is 3.12. The van der Waals surface area contributed by atoms with Gasteiger partial charge in [-0.3, -0.25) is 14.8 Å². The summed E-state index contributed by atoms with van der Waals surface area (Å²) in [6, 6.07) is 4.45. The van der Waals surface area contributed by atoms with E-state index in [1.165, 1.54) is 23.5 Å². The maximum atomic E-state index is 12.8. The molecule has 6 nitrogen and oxygen atoms in total. The molecule has 0 unspecified atom stereocenters. The Morgan fingerprint density at radius 3 is 2.43 bits per heavy atom. The molecule has 0 atom stereocenters. The highest BCUT2D eigenvalue weighted by Gasteiger charge is 2.30. The lowest BCUT2D eigenvalue weighted by Gasteiger charge is -2.11. The van der Waals surface area contributed by atoms with Crippen LogP contribution in [0.3, 0.4) is 0 Å². The van der Waals surface area contributed by atoms with Gasteiger partial charge in [-0.2, -0.15) is 13.2 Å². The number of aromatic nitrogens is 1. The quantitative estimate of drug-likeness (QED) is 0.236. The Kier molecular flexibility index (Phi) is 8.55. The molecule has 0 aliphatic carbocycles. The molecule has 0 radical (unpaired) electrons. The Bertz CT molecular complexity index is 893. The smallest absolute Gasteiger partial charge is 0.352 e. The van der Waals surface area contributed by atoms with Crippen LogP contribution >= 0.6 is 11.3 Å². The molecular weight excluding hydrogens is 419 g/mol. The van der Waals surface area contributed by atoms with Crippen LogP contribution in [0.1, 0.15) is 47.4 Å². The van der Waals surface area contributed by atoms with E-state index < -0.39 is 23.6 Å². The fourth-order valence-electron chi connectivity index (χ4n) is 2.64. The molecule has 0 saturated heterocycles. The third-order valence-electron chi connectivity index (χ3n) is 4.32. The minimum atomic E-state index is -4.45. The lowest BCUT2D eigenvalue weighted by Crippen LogP contribution is -2.25. The molecule has 0 saturated carbocycles. The molecule has 30 heavy (non-hydrogen) atoms. The predicted octanol–water partition coefficient (Wildman–Crippen LogP) is 4.19. The predicted molar refractivity (Wildman–Crippen MR) is 108 cm³/mol. The molecule has 10 heteroatoms. The summed E-state index contributed by atoms with van der Waals surface area (Å²) in [5.74, 6) is -0.873. The minimum absolute atomic E-state index is 0.186. The first-order valence-corrected chi connectivity index (χ1v) is 10.1. The highest BCUT2D eigenvalue weighted by atomic mass is 32.1. The topological polar surface area (TPSA) is 91.3 Å². The summed E-state index contributed by atoms with van der Waals surface area (Å²) in [7, 11) is 0. The van der Waals surface area contributed by atoms with E-state index in [1.807, 2.05) is 0 Å². The van der Waals surface area contributed by atoms with E-state index in [-0.39, 0.29) is 12.0 Å². The van der Waals surface area contributed by atoms with Gasteiger partial charge in [0, 0.05) is 18.5 Å². The largest absolute Gasteiger partial charge is 0.416 e. The van der Waals surface area contributed by atoms with Crippen LogP contribution in [-0.4, -0.2) is 28.6 Å². The van der Waals surface area contributed by atoms with Crippen molar-refractivity contribution in [3.8, 4) is 0 Å². The van der Waals surface area contributed by atoms with Gasteiger partial charge in [-0.05, 0) is 43.5 Å². The number of hydrogen-bond donors (Lipinski definition) is 3. The fourth-order valence-corrected chi connectivity index (χ4v) is 3.37. The normalized spacial score (nSPS) is 12.0. The number of carbonyl (C=O) groups excluding carboxylic acids is 2. The van der Waals surface area contributed by atoms with Crippen molar-refractivity contribution in [3.63, 3.8) is 0 Å². The Morgan fingerprint density at radius 1 is 1.17 bits per heavy atom. The summed E-state index contributed by atoms with van der Waals surface area (Å²) in [5, 5.41) is 11.2. The first kappa shape index (κ1) is 23.6. The summed E-state index contributed by atoms with van der Waals surface area (Å²) in [6.07, 6.45) is -0.802. The summed E-state index contributed by atoms with van der Waals surface area (Å²) in [4.78, 5) is 28.6. The van der Waals surface area contributed by atoms with Gasteiger partial charge in [-0.15, -0.1) is 11.3 Å². The summed E-state index contributed by atoms with van der Waals surface area (Å²) >= 11 is 1.33. The number of aryl methyl sites for hydroxylation is 1. The number of hydrogen-bond acceptors (Lipinski definition) is 5. The molecular formula is C20H22F3N3O3S. The van der Waals surface area contributed by atoms with Crippen LogP contribution in [-0.2, 0) is 15.8 Å². The number of thiazole rings is 1. The monoisotopic (exact) mass is 441 g/mol. The molecule has 1 heterocycles. The van der Waals surface area contributed by atoms with E-state index in [1.54, 1.807) is 24.0 Å². The molecule has 0 aliphatic rings. The van der Waals surface area contributed by atoms with Gasteiger partial charge in [-0.25, -0.2) is 10.5 Å². The van der Waals surface area contributed by atoms with E-state index in [4.69, 9.17) is 5.21 Å². The van der Waals surface area contributed by atoms with Gasteiger partial charge in [0.25, 0.3) is 5.91 Å². The van der Waals surface area contributed by atoms with Crippen molar-refractivity contribution >= 4 is 34.8 Å². The van der Waals surface area contributed by atoms with E-state index in [9.17, 15) is 22.8 Å². The van der Waals surface area contributed by atoms with Crippen LogP contribution in [0.15, 0.2) is 29.8 Å². The zero-order valence-electron chi connectivity index (χ0n) is 16.3. The minimum Gasteiger partial charge on any atom is -0.352 e. The van der Waals surface area contributed by atoms with Crippen LogP contribution in [0.4, 0.5) is 13.2 Å². The van der Waals surface area contributed by atoms with Crippen molar-refractivity contribution in [3.05, 3.63) is 51.5 Å². The first-order valence-electron chi connectivity index (χ1n) is 9.23. The Morgan fingerprint density at radius 2 is 1.87 bits per heavy atom. The number of hydroxylamine groups is 1. The molecule has 0 spiro atoms. The van der Waals surface area contributed by atoms with Crippen molar-refractivity contribution in [1.82, 2.24) is 15.8 Å². The van der Waals surface area contributed by atoms with Crippen molar-refractivity contribution in [2.24, 2.45) is 0 Å². The molecule has 0 bridgehead atoms. The van der Waals surface area contributed by atoms with E-state index in [0.29, 0.717) is 31.4 Å². The van der Waals surface area contributed by atoms with Crippen LogP contribution < -0.4 is 10.8 Å². The van der Waals surface area contributed by atoms with Crippen molar-refractivity contribution in [2.75, 3.05) is 6.54 Å². The molecule has 1 aromatic heterocycles. The number of nitrogens with zero attached hydrogens (tertiary/aromatic N) is 1. The molecule has 2 amide bonds. The zero-order chi connectivity index (χ0) is 22.1. The second-order valence-corrected chi connectivity index (χ2v) is 7.42. The van der Waals surface area contributed by atoms with Gasteiger partial charge in [0.2, 0.25) is 5.91 Å². The Hall–Kier alpha value is -2.72. The summed E-state index contributed by atoms with van der Waals surface area (Å²) in [5.41, 5.74) is 3.74. The van der Waals surface area contributed by atoms with Gasteiger partial charge < -0.3 is 5.32 Å². The van der Waals surface area contributed by atoms with Gasteiger partial charge >= 0.3 is 6.18 Å². The second-order valence-electron chi connectivity index (χ2n) is 6.54. The van der Waals surface area contributed by atoms with Crippen molar-refractivity contribution in [1.29, 1.82) is 0 Å². The van der Waals surface area contributed by atoms with Crippen molar-refractivity contribution < 1.29 is 28.0 Å². The lowest BCUT2D eigenvalue weighted by molar-refractivity contribution is -0.137. The van der Waals surface area contributed by atoms with Gasteiger partial charge in [0.1, 0.15) is 0 Å². The van der Waals surface area contributed by atoms with Crippen LogP contribution in [0, 0.1) is 6.92 Å². The number of carbonyl (C=O) groups is 2. The van der Waals surface area contributed by atoms with E-state index in [0.717, 1.165) is 22.7 Å². The van der Waals surface area contributed by atoms with Crippen LogP contribution in [0.25, 0.3) is 11.6 Å². The van der Waals surface area contributed by atoms with Crippen LogP contribution in [0.5, 0.6) is 0 Å². The van der Waals surface area contributed by atoms with E-state index >= 15 is 0 Å². The number of amides is 2. The molecule has 0 aliphatic heterocycles. The highest BCUT2D eigenvalue weighted by Crippen LogP contribution is 2.31. The third kappa shape index (κ3) is 6.96. The highest BCUT2D eigenvalue weighted by molar-refractivity contribution is 7.10. The average molecular weight is 441 g/mol. The zero-order valence-corrected chi connectivity index (χ0v) is 17.1. The van der Waals surface area contributed by atoms with Gasteiger partial charge in [0.15, 0.2) is 0 Å². The van der Waals surface area contributed by atoms with Crippen molar-refractivity contribution in [2.45, 2.75) is 38.8 Å². The maximum absolute atomic E-state index is 12.8. The summed E-state index contributed by atoms with van der Waals surface area (Å²) in [6.45, 7) is 2.13. The van der Waals surface area contributed by atoms with Crippen LogP contribution in [0.2, 0.25) is 0 Å². The molecule has 1 aromatic carbocycles. The molecule has 2 aromatic rings. The third-order valence-corrected chi connectivity index (χ3v) is 5.19. The number of rotatable bonds is 9.